The van der Waals surface area contributed by atoms with Gasteiger partial charge in [-0.3, -0.25) is 4.98 Å². The molecule has 0 aliphatic heterocycles. The second kappa shape index (κ2) is 7.34. The molecule has 0 atom stereocenters. The third kappa shape index (κ3) is 4.71. The zero-order valence-corrected chi connectivity index (χ0v) is 11.8. The first kappa shape index (κ1) is 14.1. The van der Waals surface area contributed by atoms with Crippen molar-refractivity contribution in [3.05, 3.63) is 58.3 Å². The summed E-state index contributed by atoms with van der Waals surface area (Å²) in [5.74, 6) is 0.644. The predicted molar refractivity (Wildman–Crippen MR) is 77.9 cm³/mol. The van der Waals surface area contributed by atoms with Crippen LogP contribution in [0.2, 0.25) is 10.0 Å². The van der Waals surface area contributed by atoms with Crippen molar-refractivity contribution in [3.63, 3.8) is 0 Å². The van der Waals surface area contributed by atoms with E-state index in [9.17, 15) is 0 Å². The third-order valence-electron chi connectivity index (χ3n) is 2.46. The Morgan fingerprint density at radius 2 is 2.05 bits per heavy atom. The molecule has 0 spiro atoms. The molecule has 2 aromatic rings. The second-order valence-corrected chi connectivity index (χ2v) is 4.76. The number of rotatable bonds is 6. The topological polar surface area (TPSA) is 34.1 Å². The van der Waals surface area contributed by atoms with Gasteiger partial charge in [0, 0.05) is 24.3 Å². The van der Waals surface area contributed by atoms with E-state index in [0.29, 0.717) is 22.4 Å². The van der Waals surface area contributed by atoms with Gasteiger partial charge in [0.1, 0.15) is 12.4 Å². The highest BCUT2D eigenvalue weighted by atomic mass is 35.5. The monoisotopic (exact) mass is 296 g/mol. The van der Waals surface area contributed by atoms with Gasteiger partial charge in [0.25, 0.3) is 0 Å². The van der Waals surface area contributed by atoms with E-state index in [0.717, 1.165) is 18.8 Å². The van der Waals surface area contributed by atoms with Crippen molar-refractivity contribution in [1.29, 1.82) is 0 Å². The number of nitrogens with zero attached hydrogens (tertiary/aromatic N) is 1. The zero-order valence-electron chi connectivity index (χ0n) is 10.3. The molecule has 1 N–H and O–H groups in total. The van der Waals surface area contributed by atoms with Crippen LogP contribution in [-0.4, -0.2) is 18.1 Å². The third-order valence-corrected chi connectivity index (χ3v) is 2.99. The van der Waals surface area contributed by atoms with Crippen LogP contribution in [-0.2, 0) is 6.54 Å². The van der Waals surface area contributed by atoms with Gasteiger partial charge in [-0.2, -0.15) is 0 Å². The van der Waals surface area contributed by atoms with Gasteiger partial charge < -0.3 is 10.1 Å². The number of halogens is 2. The Labute approximate surface area is 122 Å². The number of aromatic nitrogens is 1. The van der Waals surface area contributed by atoms with E-state index in [2.05, 4.69) is 10.3 Å². The summed E-state index contributed by atoms with van der Waals surface area (Å²) < 4.78 is 5.56. The van der Waals surface area contributed by atoms with Crippen LogP contribution in [0.5, 0.6) is 5.75 Å². The Morgan fingerprint density at radius 3 is 2.79 bits per heavy atom. The Hall–Kier alpha value is -1.29. The van der Waals surface area contributed by atoms with Crippen molar-refractivity contribution in [3.8, 4) is 5.75 Å². The molecular formula is C14H14Cl2N2O. The van der Waals surface area contributed by atoms with E-state index in [4.69, 9.17) is 27.9 Å². The molecule has 1 heterocycles. The van der Waals surface area contributed by atoms with Gasteiger partial charge in [0.2, 0.25) is 0 Å². The first-order valence-corrected chi connectivity index (χ1v) is 6.70. The van der Waals surface area contributed by atoms with Crippen molar-refractivity contribution in [2.45, 2.75) is 6.54 Å². The first-order valence-electron chi connectivity index (χ1n) is 5.94. The maximum absolute atomic E-state index is 6.00. The predicted octanol–water partition coefficient (Wildman–Crippen LogP) is 3.56. The molecule has 0 bridgehead atoms. The summed E-state index contributed by atoms with van der Waals surface area (Å²) in [6, 6.07) is 11.0. The van der Waals surface area contributed by atoms with Crippen LogP contribution in [0, 0.1) is 0 Å². The van der Waals surface area contributed by atoms with Gasteiger partial charge >= 0.3 is 0 Å². The molecule has 0 unspecified atom stereocenters. The van der Waals surface area contributed by atoms with Crippen molar-refractivity contribution in [1.82, 2.24) is 10.3 Å². The van der Waals surface area contributed by atoms with E-state index in [1.165, 1.54) is 0 Å². The molecule has 0 aliphatic rings. The molecule has 0 radical (unpaired) electrons. The summed E-state index contributed by atoms with van der Waals surface area (Å²) in [7, 11) is 0. The lowest BCUT2D eigenvalue weighted by molar-refractivity contribution is 0.313. The Kier molecular flexibility index (Phi) is 5.45. The van der Waals surface area contributed by atoms with Gasteiger partial charge in [0.15, 0.2) is 0 Å². The molecule has 2 rings (SSSR count). The normalized spacial score (nSPS) is 10.4. The van der Waals surface area contributed by atoms with Crippen LogP contribution >= 0.6 is 23.2 Å². The smallest absolute Gasteiger partial charge is 0.138 e. The van der Waals surface area contributed by atoms with E-state index < -0.39 is 0 Å². The lowest BCUT2D eigenvalue weighted by Gasteiger charge is -2.09. The van der Waals surface area contributed by atoms with Gasteiger partial charge in [0.05, 0.1) is 10.7 Å². The highest BCUT2D eigenvalue weighted by Gasteiger charge is 2.01. The molecule has 0 amide bonds. The summed E-state index contributed by atoms with van der Waals surface area (Å²) >= 11 is 11.8. The number of hydrogen-bond donors (Lipinski definition) is 1. The lowest BCUT2D eigenvalue weighted by Crippen LogP contribution is -2.21. The maximum atomic E-state index is 6.00. The molecule has 0 saturated heterocycles. The first-order chi connectivity index (χ1) is 9.25. The second-order valence-electron chi connectivity index (χ2n) is 3.92. The molecule has 3 nitrogen and oxygen atoms in total. The SMILES string of the molecule is Clc1ccc(OCCNCc2ccccn2)c(Cl)c1. The average Bonchev–Trinajstić information content (AvgIpc) is 2.42. The van der Waals surface area contributed by atoms with Crippen LogP contribution in [0.25, 0.3) is 0 Å². The van der Waals surface area contributed by atoms with Crippen LogP contribution < -0.4 is 10.1 Å². The van der Waals surface area contributed by atoms with Crippen LogP contribution in [0.4, 0.5) is 0 Å². The standard InChI is InChI=1S/C14H14Cl2N2O/c15-11-4-5-14(13(16)9-11)19-8-7-17-10-12-3-1-2-6-18-12/h1-6,9,17H,7-8,10H2. The summed E-state index contributed by atoms with van der Waals surface area (Å²) in [6.45, 7) is 1.97. The summed E-state index contributed by atoms with van der Waals surface area (Å²) in [6.07, 6.45) is 1.78. The summed E-state index contributed by atoms with van der Waals surface area (Å²) in [5, 5.41) is 4.37. The van der Waals surface area contributed by atoms with Gasteiger partial charge in [-0.15, -0.1) is 0 Å². The highest BCUT2D eigenvalue weighted by Crippen LogP contribution is 2.27. The molecule has 19 heavy (non-hydrogen) atoms. The molecule has 0 fully saturated rings. The quantitative estimate of drug-likeness (QED) is 0.828. The molecule has 0 aliphatic carbocycles. The van der Waals surface area contributed by atoms with Crippen molar-refractivity contribution in [2.24, 2.45) is 0 Å². The van der Waals surface area contributed by atoms with Crippen LogP contribution in [0.3, 0.4) is 0 Å². The molecule has 0 saturated carbocycles. The van der Waals surface area contributed by atoms with Gasteiger partial charge in [-0.25, -0.2) is 0 Å². The highest BCUT2D eigenvalue weighted by molar-refractivity contribution is 6.35. The largest absolute Gasteiger partial charge is 0.491 e. The Morgan fingerprint density at radius 1 is 1.16 bits per heavy atom. The minimum Gasteiger partial charge on any atom is -0.491 e. The maximum Gasteiger partial charge on any atom is 0.138 e. The van der Waals surface area contributed by atoms with E-state index in [1.807, 2.05) is 18.2 Å². The van der Waals surface area contributed by atoms with E-state index in [-0.39, 0.29) is 0 Å². The van der Waals surface area contributed by atoms with Gasteiger partial charge in [-0.05, 0) is 30.3 Å². The number of ether oxygens (including phenoxy) is 1. The average molecular weight is 297 g/mol. The van der Waals surface area contributed by atoms with E-state index >= 15 is 0 Å². The zero-order chi connectivity index (χ0) is 13.5. The van der Waals surface area contributed by atoms with Crippen LogP contribution in [0.15, 0.2) is 42.6 Å². The minimum absolute atomic E-state index is 0.525. The number of nitrogens with one attached hydrogen (secondary N) is 1. The Bertz CT molecular complexity index is 520. The Balaban J connectivity index is 1.69. The fraction of sp³-hybridized carbons (Fsp3) is 0.214. The molecule has 5 heteroatoms. The van der Waals surface area contributed by atoms with E-state index in [1.54, 1.807) is 24.4 Å². The molecule has 1 aromatic carbocycles. The van der Waals surface area contributed by atoms with Crippen molar-refractivity contribution >= 4 is 23.2 Å². The summed E-state index contributed by atoms with van der Waals surface area (Å²) in [5.41, 5.74) is 1.01. The summed E-state index contributed by atoms with van der Waals surface area (Å²) in [4.78, 5) is 4.22. The van der Waals surface area contributed by atoms with Crippen LogP contribution in [0.1, 0.15) is 5.69 Å². The van der Waals surface area contributed by atoms with Crippen molar-refractivity contribution in [2.75, 3.05) is 13.2 Å². The minimum atomic E-state index is 0.525. The van der Waals surface area contributed by atoms with Gasteiger partial charge in [-0.1, -0.05) is 29.3 Å². The van der Waals surface area contributed by atoms with Crippen molar-refractivity contribution < 1.29 is 4.74 Å². The number of hydrogen-bond acceptors (Lipinski definition) is 3. The fourth-order valence-electron chi connectivity index (χ4n) is 1.54. The number of pyridine rings is 1. The fourth-order valence-corrected chi connectivity index (χ4v) is 2.01. The molecule has 100 valence electrons. The molecule has 1 aromatic heterocycles. The lowest BCUT2D eigenvalue weighted by atomic mass is 10.3. The molecular weight excluding hydrogens is 283 g/mol. The number of benzene rings is 1.